The first-order valence-electron chi connectivity index (χ1n) is 3.85. The molecule has 1 heteroatoms. The predicted molar refractivity (Wildman–Crippen MR) is 51.3 cm³/mol. The van der Waals surface area contributed by atoms with Crippen LogP contribution in [0.1, 0.15) is 34.1 Å². The Bertz CT molecular complexity index is 97.8. The number of hydrogen-bond acceptors (Lipinski definition) is 1. The zero-order chi connectivity index (χ0) is 8.04. The van der Waals surface area contributed by atoms with Gasteiger partial charge in [0.25, 0.3) is 0 Å². The Balaban J connectivity index is 3.37. The number of rotatable bonds is 3. The standard InChI is InChI=1S/C9H18S/c1-5-7-10-8-6-9(2,3)4/h6,8H,5,7H2,1-4H3/b8-6+. The Morgan fingerprint density at radius 2 is 1.90 bits per heavy atom. The average molecular weight is 158 g/mol. The van der Waals surface area contributed by atoms with Crippen LogP contribution in [0.3, 0.4) is 0 Å². The first-order valence-corrected chi connectivity index (χ1v) is 4.90. The first kappa shape index (κ1) is 10.1. The zero-order valence-electron chi connectivity index (χ0n) is 7.48. The van der Waals surface area contributed by atoms with E-state index in [4.69, 9.17) is 0 Å². The lowest BCUT2D eigenvalue weighted by Gasteiger charge is -2.10. The van der Waals surface area contributed by atoms with Gasteiger partial charge in [-0.3, -0.25) is 0 Å². The molecule has 0 aliphatic heterocycles. The molecule has 10 heavy (non-hydrogen) atoms. The van der Waals surface area contributed by atoms with Crippen LogP contribution in [0.5, 0.6) is 0 Å². The summed E-state index contributed by atoms with van der Waals surface area (Å²) < 4.78 is 0. The Labute approximate surface area is 69.1 Å². The summed E-state index contributed by atoms with van der Waals surface area (Å²) in [6, 6.07) is 0. The molecular formula is C9H18S. The highest BCUT2D eigenvalue weighted by molar-refractivity contribution is 8.02. The van der Waals surface area contributed by atoms with Gasteiger partial charge >= 0.3 is 0 Å². The molecule has 0 aromatic rings. The van der Waals surface area contributed by atoms with Gasteiger partial charge in [-0.25, -0.2) is 0 Å². The molecule has 0 heterocycles. The monoisotopic (exact) mass is 158 g/mol. The van der Waals surface area contributed by atoms with E-state index in [0.29, 0.717) is 5.41 Å². The molecule has 0 saturated heterocycles. The number of hydrogen-bond donors (Lipinski definition) is 0. The van der Waals surface area contributed by atoms with Gasteiger partial charge in [-0.15, -0.1) is 11.8 Å². The predicted octanol–water partition coefficient (Wildman–Crippen LogP) is 3.69. The van der Waals surface area contributed by atoms with Gasteiger partial charge in [-0.2, -0.15) is 0 Å². The average Bonchev–Trinajstić information content (AvgIpc) is 1.78. The largest absolute Gasteiger partial charge is 0.134 e. The maximum absolute atomic E-state index is 2.26. The minimum atomic E-state index is 0.348. The highest BCUT2D eigenvalue weighted by Gasteiger charge is 2.02. The van der Waals surface area contributed by atoms with E-state index >= 15 is 0 Å². The number of thioether (sulfide) groups is 1. The van der Waals surface area contributed by atoms with E-state index in [0.717, 1.165) is 0 Å². The molecule has 0 atom stereocenters. The summed E-state index contributed by atoms with van der Waals surface area (Å²) in [6.45, 7) is 8.86. The van der Waals surface area contributed by atoms with Gasteiger partial charge < -0.3 is 0 Å². The van der Waals surface area contributed by atoms with Crippen LogP contribution in [0.2, 0.25) is 0 Å². The van der Waals surface area contributed by atoms with Crippen molar-refractivity contribution >= 4 is 11.8 Å². The minimum Gasteiger partial charge on any atom is -0.134 e. The molecule has 0 aliphatic rings. The van der Waals surface area contributed by atoms with E-state index < -0.39 is 0 Å². The molecule has 0 N–H and O–H groups in total. The Kier molecular flexibility index (Phi) is 4.88. The third-order valence-corrected chi connectivity index (χ3v) is 1.96. The van der Waals surface area contributed by atoms with Crippen LogP contribution >= 0.6 is 11.8 Å². The Morgan fingerprint density at radius 1 is 1.30 bits per heavy atom. The normalized spacial score (nSPS) is 12.8. The van der Waals surface area contributed by atoms with Crippen molar-refractivity contribution in [1.29, 1.82) is 0 Å². The lowest BCUT2D eigenvalue weighted by atomic mass is 9.98. The van der Waals surface area contributed by atoms with Crippen molar-refractivity contribution in [2.24, 2.45) is 5.41 Å². The summed E-state index contributed by atoms with van der Waals surface area (Å²) in [5, 5.41) is 2.21. The van der Waals surface area contributed by atoms with Crippen LogP contribution in [-0.2, 0) is 0 Å². The van der Waals surface area contributed by atoms with Crippen molar-refractivity contribution in [2.45, 2.75) is 34.1 Å². The Morgan fingerprint density at radius 3 is 2.30 bits per heavy atom. The quantitative estimate of drug-likeness (QED) is 0.564. The maximum Gasteiger partial charge on any atom is -0.00287 e. The van der Waals surface area contributed by atoms with E-state index in [-0.39, 0.29) is 0 Å². The van der Waals surface area contributed by atoms with Crippen molar-refractivity contribution < 1.29 is 0 Å². The summed E-state index contributed by atoms with van der Waals surface area (Å²) in [6.07, 6.45) is 3.52. The lowest BCUT2D eigenvalue weighted by molar-refractivity contribution is 0.545. The second-order valence-electron chi connectivity index (χ2n) is 3.54. The van der Waals surface area contributed by atoms with Crippen molar-refractivity contribution in [3.8, 4) is 0 Å². The van der Waals surface area contributed by atoms with E-state index in [9.17, 15) is 0 Å². The summed E-state index contributed by atoms with van der Waals surface area (Å²) >= 11 is 1.90. The molecule has 0 aromatic carbocycles. The van der Waals surface area contributed by atoms with Crippen LogP contribution in [0.4, 0.5) is 0 Å². The fourth-order valence-corrected chi connectivity index (χ4v) is 1.31. The molecule has 0 amide bonds. The molecule has 0 spiro atoms. The van der Waals surface area contributed by atoms with Crippen molar-refractivity contribution in [3.63, 3.8) is 0 Å². The summed E-state index contributed by atoms with van der Waals surface area (Å²) in [7, 11) is 0. The maximum atomic E-state index is 2.26. The molecule has 0 rings (SSSR count). The number of allylic oxidation sites excluding steroid dienone is 1. The molecule has 0 saturated carbocycles. The van der Waals surface area contributed by atoms with E-state index in [1.54, 1.807) is 0 Å². The smallest absolute Gasteiger partial charge is 0.00287 e. The third kappa shape index (κ3) is 8.09. The van der Waals surface area contributed by atoms with Gasteiger partial charge in [0.15, 0.2) is 0 Å². The summed E-state index contributed by atoms with van der Waals surface area (Å²) in [5.41, 5.74) is 0.348. The molecule has 0 fully saturated rings. The molecule has 0 unspecified atom stereocenters. The molecule has 60 valence electrons. The molecule has 0 bridgehead atoms. The van der Waals surface area contributed by atoms with Crippen LogP contribution in [0.15, 0.2) is 11.5 Å². The second-order valence-corrected chi connectivity index (χ2v) is 4.55. The van der Waals surface area contributed by atoms with E-state index in [2.05, 4.69) is 39.2 Å². The van der Waals surface area contributed by atoms with Crippen LogP contribution in [-0.4, -0.2) is 5.75 Å². The minimum absolute atomic E-state index is 0.348. The van der Waals surface area contributed by atoms with E-state index in [1.165, 1.54) is 12.2 Å². The van der Waals surface area contributed by atoms with E-state index in [1.807, 2.05) is 11.8 Å². The van der Waals surface area contributed by atoms with Gasteiger partial charge in [0.1, 0.15) is 0 Å². The third-order valence-electron chi connectivity index (χ3n) is 0.986. The molecule has 0 aliphatic carbocycles. The summed E-state index contributed by atoms with van der Waals surface area (Å²) in [5.74, 6) is 1.24. The molecule has 0 aromatic heterocycles. The van der Waals surface area contributed by atoms with Crippen molar-refractivity contribution in [2.75, 3.05) is 5.75 Å². The summed E-state index contributed by atoms with van der Waals surface area (Å²) in [4.78, 5) is 0. The zero-order valence-corrected chi connectivity index (χ0v) is 8.29. The second kappa shape index (κ2) is 4.84. The van der Waals surface area contributed by atoms with Gasteiger partial charge in [-0.05, 0) is 23.0 Å². The van der Waals surface area contributed by atoms with Gasteiger partial charge in [0.2, 0.25) is 0 Å². The van der Waals surface area contributed by atoms with Crippen LogP contribution in [0, 0.1) is 5.41 Å². The van der Waals surface area contributed by atoms with Gasteiger partial charge in [0.05, 0.1) is 0 Å². The molecular weight excluding hydrogens is 140 g/mol. The van der Waals surface area contributed by atoms with Crippen LogP contribution in [0.25, 0.3) is 0 Å². The van der Waals surface area contributed by atoms with Gasteiger partial charge in [0, 0.05) is 0 Å². The highest BCUT2D eigenvalue weighted by atomic mass is 32.2. The Hall–Kier alpha value is 0.0900. The van der Waals surface area contributed by atoms with Gasteiger partial charge in [-0.1, -0.05) is 33.8 Å². The fraction of sp³-hybridized carbons (Fsp3) is 0.778. The topological polar surface area (TPSA) is 0 Å². The van der Waals surface area contributed by atoms with Crippen molar-refractivity contribution in [3.05, 3.63) is 11.5 Å². The van der Waals surface area contributed by atoms with Crippen LogP contribution < -0.4 is 0 Å². The fourth-order valence-electron chi connectivity index (χ4n) is 0.438. The highest BCUT2D eigenvalue weighted by Crippen LogP contribution is 2.17. The first-order chi connectivity index (χ1) is 4.56. The SMILES string of the molecule is CCCS/C=C/C(C)(C)C. The lowest BCUT2D eigenvalue weighted by Crippen LogP contribution is -1.97. The molecule has 0 nitrogen and oxygen atoms in total. The molecule has 0 radical (unpaired) electrons. The van der Waals surface area contributed by atoms with Crippen molar-refractivity contribution in [1.82, 2.24) is 0 Å².